The molecule has 2 rings (SSSR count). The molecule has 2 aromatic rings. The zero-order chi connectivity index (χ0) is 18.6. The van der Waals surface area contributed by atoms with Crippen LogP contribution in [0.2, 0.25) is 0 Å². The van der Waals surface area contributed by atoms with Gasteiger partial charge < -0.3 is 10.1 Å². The second kappa shape index (κ2) is 11.1. The van der Waals surface area contributed by atoms with E-state index in [1.165, 1.54) is 5.56 Å². The number of esters is 1. The Bertz CT molecular complexity index is 670. The molecule has 138 valence electrons. The van der Waals surface area contributed by atoms with Gasteiger partial charge in [-0.25, -0.2) is 0 Å². The van der Waals surface area contributed by atoms with Gasteiger partial charge in [0.05, 0.1) is 12.5 Å². The molecule has 0 bridgehead atoms. The fourth-order valence-electron chi connectivity index (χ4n) is 2.82. The molecule has 1 amide bonds. The first-order valence-electron chi connectivity index (χ1n) is 9.20. The summed E-state index contributed by atoms with van der Waals surface area (Å²) in [7, 11) is 0. The largest absolute Gasteiger partial charge is 0.466 e. The molecule has 1 atom stereocenters. The number of hydrogen-bond acceptors (Lipinski definition) is 3. The van der Waals surface area contributed by atoms with E-state index in [4.69, 9.17) is 4.74 Å². The van der Waals surface area contributed by atoms with Crippen LogP contribution in [-0.4, -0.2) is 25.0 Å². The van der Waals surface area contributed by atoms with Gasteiger partial charge in [0.2, 0.25) is 5.91 Å². The highest BCUT2D eigenvalue weighted by Gasteiger charge is 2.21. The van der Waals surface area contributed by atoms with E-state index in [1.54, 1.807) is 6.92 Å². The van der Waals surface area contributed by atoms with Crippen molar-refractivity contribution in [3.05, 3.63) is 71.8 Å². The lowest BCUT2D eigenvalue weighted by molar-refractivity contribution is -0.147. The van der Waals surface area contributed by atoms with Crippen molar-refractivity contribution in [1.29, 1.82) is 0 Å². The van der Waals surface area contributed by atoms with Gasteiger partial charge in [-0.15, -0.1) is 0 Å². The van der Waals surface area contributed by atoms with Gasteiger partial charge in [0.15, 0.2) is 0 Å². The van der Waals surface area contributed by atoms with Crippen LogP contribution >= 0.6 is 0 Å². The molecule has 0 saturated heterocycles. The molecule has 1 unspecified atom stereocenters. The highest BCUT2D eigenvalue weighted by molar-refractivity contribution is 5.78. The third kappa shape index (κ3) is 7.09. The molecule has 1 N–H and O–H groups in total. The summed E-state index contributed by atoms with van der Waals surface area (Å²) < 4.78 is 5.16. The average Bonchev–Trinajstić information content (AvgIpc) is 2.67. The van der Waals surface area contributed by atoms with E-state index in [0.29, 0.717) is 26.0 Å². The molecule has 0 fully saturated rings. The van der Waals surface area contributed by atoms with Crippen LogP contribution in [0.3, 0.4) is 0 Å². The summed E-state index contributed by atoms with van der Waals surface area (Å²) in [4.78, 5) is 24.3. The Kier molecular flexibility index (Phi) is 8.40. The van der Waals surface area contributed by atoms with Crippen molar-refractivity contribution in [3.8, 4) is 0 Å². The van der Waals surface area contributed by atoms with E-state index < -0.39 is 0 Å². The molecule has 0 aliphatic heterocycles. The van der Waals surface area contributed by atoms with E-state index in [9.17, 15) is 9.59 Å². The lowest BCUT2D eigenvalue weighted by Gasteiger charge is -2.16. The number of carbonyl (C=O) groups is 2. The quantitative estimate of drug-likeness (QED) is 0.665. The smallest absolute Gasteiger partial charge is 0.311 e. The van der Waals surface area contributed by atoms with Crippen molar-refractivity contribution >= 4 is 11.9 Å². The molecule has 0 radical (unpaired) electrons. The van der Waals surface area contributed by atoms with Crippen molar-refractivity contribution in [2.24, 2.45) is 5.92 Å². The molecule has 4 heteroatoms. The van der Waals surface area contributed by atoms with Crippen molar-refractivity contribution in [2.45, 2.75) is 32.6 Å². The SMILES string of the molecule is CCOC(=O)C(CNC(=O)CCCc1ccccc1)Cc1ccccc1. The van der Waals surface area contributed by atoms with Gasteiger partial charge in [-0.1, -0.05) is 60.7 Å². The molecule has 0 aliphatic carbocycles. The minimum absolute atomic E-state index is 0.0247. The summed E-state index contributed by atoms with van der Waals surface area (Å²) in [6.07, 6.45) is 2.68. The summed E-state index contributed by atoms with van der Waals surface area (Å²) in [6, 6.07) is 19.9. The Labute approximate surface area is 155 Å². The number of hydrogen-bond donors (Lipinski definition) is 1. The van der Waals surface area contributed by atoms with Crippen LogP contribution in [0.15, 0.2) is 60.7 Å². The Morgan fingerprint density at radius 1 is 0.962 bits per heavy atom. The first kappa shape index (κ1) is 19.7. The maximum absolute atomic E-state index is 12.2. The van der Waals surface area contributed by atoms with Crippen LogP contribution in [0, 0.1) is 5.92 Å². The molecular formula is C22H27NO3. The lowest BCUT2D eigenvalue weighted by atomic mass is 9.99. The maximum Gasteiger partial charge on any atom is 0.311 e. The molecule has 0 heterocycles. The van der Waals surface area contributed by atoms with Gasteiger partial charge in [-0.3, -0.25) is 9.59 Å². The molecule has 0 aliphatic rings. The van der Waals surface area contributed by atoms with Crippen LogP contribution in [0.5, 0.6) is 0 Å². The average molecular weight is 353 g/mol. The predicted molar refractivity (Wildman–Crippen MR) is 103 cm³/mol. The highest BCUT2D eigenvalue weighted by atomic mass is 16.5. The molecule has 0 spiro atoms. The zero-order valence-corrected chi connectivity index (χ0v) is 15.3. The number of nitrogens with one attached hydrogen (secondary N) is 1. The van der Waals surface area contributed by atoms with Crippen molar-refractivity contribution in [2.75, 3.05) is 13.2 Å². The normalized spacial score (nSPS) is 11.6. The Hall–Kier alpha value is -2.62. The second-order valence-corrected chi connectivity index (χ2v) is 6.28. The van der Waals surface area contributed by atoms with Gasteiger partial charge in [0.1, 0.15) is 0 Å². The fourth-order valence-corrected chi connectivity index (χ4v) is 2.82. The van der Waals surface area contributed by atoms with Crippen LogP contribution in [0.4, 0.5) is 0 Å². The minimum Gasteiger partial charge on any atom is -0.466 e. The van der Waals surface area contributed by atoms with Gasteiger partial charge in [-0.2, -0.15) is 0 Å². The van der Waals surface area contributed by atoms with Crippen LogP contribution in [-0.2, 0) is 27.2 Å². The summed E-state index contributed by atoms with van der Waals surface area (Å²) in [6.45, 7) is 2.44. The van der Waals surface area contributed by atoms with Gasteiger partial charge in [0, 0.05) is 13.0 Å². The molecular weight excluding hydrogens is 326 g/mol. The maximum atomic E-state index is 12.2. The number of aryl methyl sites for hydroxylation is 1. The molecule has 4 nitrogen and oxygen atoms in total. The van der Waals surface area contributed by atoms with Crippen LogP contribution in [0.25, 0.3) is 0 Å². The molecule has 2 aromatic carbocycles. The number of amides is 1. The fraction of sp³-hybridized carbons (Fsp3) is 0.364. The summed E-state index contributed by atoms with van der Waals surface area (Å²) in [5.41, 5.74) is 2.29. The highest BCUT2D eigenvalue weighted by Crippen LogP contribution is 2.11. The lowest BCUT2D eigenvalue weighted by Crippen LogP contribution is -2.35. The van der Waals surface area contributed by atoms with E-state index >= 15 is 0 Å². The first-order chi connectivity index (χ1) is 12.7. The van der Waals surface area contributed by atoms with Crippen molar-refractivity contribution < 1.29 is 14.3 Å². The predicted octanol–water partition coefficient (Wildman–Crippen LogP) is 3.55. The van der Waals surface area contributed by atoms with Gasteiger partial charge in [-0.05, 0) is 37.3 Å². The minimum atomic E-state index is -0.365. The summed E-state index contributed by atoms with van der Waals surface area (Å²) >= 11 is 0. The van der Waals surface area contributed by atoms with Crippen molar-refractivity contribution in [3.63, 3.8) is 0 Å². The third-order valence-corrected chi connectivity index (χ3v) is 4.20. The zero-order valence-electron chi connectivity index (χ0n) is 15.3. The van der Waals surface area contributed by atoms with Crippen molar-refractivity contribution in [1.82, 2.24) is 5.32 Å². The number of benzene rings is 2. The first-order valence-corrected chi connectivity index (χ1v) is 9.20. The van der Waals surface area contributed by atoms with Gasteiger partial charge >= 0.3 is 5.97 Å². The summed E-state index contributed by atoms with van der Waals surface area (Å²) in [5, 5.41) is 2.89. The number of carbonyl (C=O) groups excluding carboxylic acids is 2. The Balaban J connectivity index is 1.79. The molecule has 0 saturated carbocycles. The Morgan fingerprint density at radius 2 is 1.58 bits per heavy atom. The van der Waals surface area contributed by atoms with Crippen LogP contribution in [0.1, 0.15) is 30.9 Å². The monoisotopic (exact) mass is 353 g/mol. The van der Waals surface area contributed by atoms with Gasteiger partial charge in [0.25, 0.3) is 0 Å². The Morgan fingerprint density at radius 3 is 2.19 bits per heavy atom. The van der Waals surface area contributed by atoms with E-state index in [2.05, 4.69) is 17.4 Å². The number of rotatable bonds is 10. The molecule has 26 heavy (non-hydrogen) atoms. The van der Waals surface area contributed by atoms with E-state index in [-0.39, 0.29) is 17.8 Å². The number of ether oxygens (including phenoxy) is 1. The van der Waals surface area contributed by atoms with Crippen LogP contribution < -0.4 is 5.32 Å². The topological polar surface area (TPSA) is 55.4 Å². The third-order valence-electron chi connectivity index (χ3n) is 4.20. The second-order valence-electron chi connectivity index (χ2n) is 6.28. The van der Waals surface area contributed by atoms with E-state index in [0.717, 1.165) is 18.4 Å². The standard InChI is InChI=1S/C22H27NO3/c1-2-26-22(25)20(16-19-12-7-4-8-13-19)17-23-21(24)15-9-14-18-10-5-3-6-11-18/h3-8,10-13,20H,2,9,14-17H2,1H3,(H,23,24). The summed E-state index contributed by atoms with van der Waals surface area (Å²) in [5.74, 6) is -0.653. The molecule has 0 aromatic heterocycles. The van der Waals surface area contributed by atoms with E-state index in [1.807, 2.05) is 48.5 Å².